The van der Waals surface area contributed by atoms with Gasteiger partial charge >= 0.3 is 0 Å². The summed E-state index contributed by atoms with van der Waals surface area (Å²) in [5, 5.41) is 21.9. The molecule has 0 aliphatic carbocycles. The highest BCUT2D eigenvalue weighted by Crippen LogP contribution is 2.25. The van der Waals surface area contributed by atoms with E-state index in [-0.39, 0.29) is 12.0 Å². The lowest BCUT2D eigenvalue weighted by atomic mass is 10.0. The fourth-order valence-corrected chi connectivity index (χ4v) is 2.97. The number of hydrogen-bond donors (Lipinski definition) is 2. The maximum atomic E-state index is 10.2. The van der Waals surface area contributed by atoms with Crippen molar-refractivity contribution in [2.45, 2.75) is 32.9 Å². The van der Waals surface area contributed by atoms with Crippen LogP contribution in [0.15, 0.2) is 10.6 Å². The normalized spacial score (nSPS) is 23.0. The Hall–Kier alpha value is -1.37. The van der Waals surface area contributed by atoms with E-state index in [1.807, 2.05) is 19.9 Å². The zero-order valence-electron chi connectivity index (χ0n) is 12.1. The summed E-state index contributed by atoms with van der Waals surface area (Å²) in [6, 6.07) is 1.92. The molecule has 7 heteroatoms. The van der Waals surface area contributed by atoms with Gasteiger partial charge in [0.1, 0.15) is 5.76 Å². The second kappa shape index (κ2) is 5.79. The van der Waals surface area contributed by atoms with Gasteiger partial charge in [-0.3, -0.25) is 10.00 Å². The molecule has 1 aliphatic heterocycles. The average Bonchev–Trinajstić information content (AvgIpc) is 3.08. The fourth-order valence-electron chi connectivity index (χ4n) is 2.82. The van der Waals surface area contributed by atoms with Gasteiger partial charge in [0.25, 0.3) is 0 Å². The summed E-state index contributed by atoms with van der Waals surface area (Å²) in [5.74, 6) is 0.975. The molecular weight excluding hydrogens is 292 g/mol. The molecule has 2 aromatic heterocycles. The molecule has 2 aromatic rings. The Morgan fingerprint density at radius 3 is 2.90 bits per heavy atom. The smallest absolute Gasteiger partial charge is 0.137 e. The summed E-state index contributed by atoms with van der Waals surface area (Å²) < 4.78 is 5.23. The van der Waals surface area contributed by atoms with Gasteiger partial charge in [-0.1, -0.05) is 16.8 Å². The first-order chi connectivity index (χ1) is 10.0. The summed E-state index contributed by atoms with van der Waals surface area (Å²) in [4.78, 5) is 2.17. The van der Waals surface area contributed by atoms with Crippen molar-refractivity contribution in [3.8, 4) is 0 Å². The molecule has 21 heavy (non-hydrogen) atoms. The third kappa shape index (κ3) is 3.12. The van der Waals surface area contributed by atoms with E-state index < -0.39 is 0 Å². The van der Waals surface area contributed by atoms with Crippen LogP contribution in [0.4, 0.5) is 0 Å². The van der Waals surface area contributed by atoms with Crippen LogP contribution in [0.1, 0.15) is 22.8 Å². The predicted molar refractivity (Wildman–Crippen MR) is 78.1 cm³/mol. The molecule has 3 heterocycles. The molecule has 0 unspecified atom stereocenters. The van der Waals surface area contributed by atoms with E-state index in [0.29, 0.717) is 24.5 Å². The highest BCUT2D eigenvalue weighted by Gasteiger charge is 2.32. The molecule has 2 N–H and O–H groups in total. The zero-order valence-corrected chi connectivity index (χ0v) is 12.9. The van der Waals surface area contributed by atoms with Crippen molar-refractivity contribution >= 4 is 11.6 Å². The molecule has 0 spiro atoms. The van der Waals surface area contributed by atoms with E-state index in [4.69, 9.17) is 16.1 Å². The van der Waals surface area contributed by atoms with Crippen LogP contribution in [0.5, 0.6) is 0 Å². The lowest BCUT2D eigenvalue weighted by Crippen LogP contribution is -2.21. The Kier molecular flexibility index (Phi) is 4.01. The lowest BCUT2D eigenvalue weighted by Gasteiger charge is -2.13. The number of halogens is 1. The first-order valence-electron chi connectivity index (χ1n) is 7.05. The number of β-amino-alcohol motifs (C(OH)–C–C–N with tert-alkyl or cyclic N) is 1. The SMILES string of the molecule is Cc1cc(C[C@@H]2CN(Cc3n[nH]c(C)c3Cl)C[C@@H]2O)on1. The monoisotopic (exact) mass is 310 g/mol. The van der Waals surface area contributed by atoms with Crippen LogP contribution >= 0.6 is 11.6 Å². The average molecular weight is 311 g/mol. The Labute approximate surface area is 128 Å². The Balaban J connectivity index is 1.61. The number of nitrogens with one attached hydrogen (secondary N) is 1. The number of aromatic amines is 1. The largest absolute Gasteiger partial charge is 0.391 e. The second-order valence-corrected chi connectivity index (χ2v) is 6.15. The number of aromatic nitrogens is 3. The van der Waals surface area contributed by atoms with Crippen LogP contribution in [-0.2, 0) is 13.0 Å². The fraction of sp³-hybridized carbons (Fsp3) is 0.571. The first kappa shape index (κ1) is 14.6. The van der Waals surface area contributed by atoms with Crippen LogP contribution < -0.4 is 0 Å². The van der Waals surface area contributed by atoms with Crippen LogP contribution in [0.2, 0.25) is 5.02 Å². The standard InChI is InChI=1S/C14H19ClN4O2/c1-8-3-11(21-18-8)4-10-5-19(7-13(10)20)6-12-14(15)9(2)16-17-12/h3,10,13,20H,4-7H2,1-2H3,(H,16,17)/t10-,13+/m1/s1. The van der Waals surface area contributed by atoms with Crippen LogP contribution in [-0.4, -0.2) is 44.6 Å². The number of H-pyrrole nitrogens is 1. The van der Waals surface area contributed by atoms with Crippen molar-refractivity contribution in [2.75, 3.05) is 13.1 Å². The number of aliphatic hydroxyl groups is 1. The topological polar surface area (TPSA) is 78.2 Å². The maximum absolute atomic E-state index is 10.2. The van der Waals surface area contributed by atoms with Crippen LogP contribution in [0.25, 0.3) is 0 Å². The molecule has 1 fully saturated rings. The molecule has 0 aromatic carbocycles. The molecule has 0 amide bonds. The Morgan fingerprint density at radius 1 is 1.48 bits per heavy atom. The Bertz CT molecular complexity index is 624. The van der Waals surface area contributed by atoms with Crippen molar-refractivity contribution in [1.82, 2.24) is 20.3 Å². The Morgan fingerprint density at radius 2 is 2.29 bits per heavy atom. The molecule has 6 nitrogen and oxygen atoms in total. The molecule has 0 radical (unpaired) electrons. The predicted octanol–water partition coefficient (Wildman–Crippen LogP) is 1.70. The van der Waals surface area contributed by atoms with E-state index in [0.717, 1.165) is 29.4 Å². The van der Waals surface area contributed by atoms with E-state index in [9.17, 15) is 5.11 Å². The summed E-state index contributed by atoms with van der Waals surface area (Å²) in [6.45, 7) is 5.86. The van der Waals surface area contributed by atoms with Gasteiger partial charge < -0.3 is 9.63 Å². The minimum absolute atomic E-state index is 0.149. The summed E-state index contributed by atoms with van der Waals surface area (Å²) in [7, 11) is 0. The quantitative estimate of drug-likeness (QED) is 0.899. The van der Waals surface area contributed by atoms with Gasteiger partial charge in [0.2, 0.25) is 0 Å². The van der Waals surface area contributed by atoms with Gasteiger partial charge in [-0.25, -0.2) is 0 Å². The van der Waals surface area contributed by atoms with E-state index in [1.54, 1.807) is 0 Å². The minimum Gasteiger partial charge on any atom is -0.391 e. The number of hydrogen-bond acceptors (Lipinski definition) is 5. The van der Waals surface area contributed by atoms with Crippen molar-refractivity contribution < 1.29 is 9.63 Å². The van der Waals surface area contributed by atoms with Crippen LogP contribution in [0, 0.1) is 19.8 Å². The molecule has 1 aliphatic rings. The minimum atomic E-state index is -0.366. The van der Waals surface area contributed by atoms with Gasteiger partial charge in [0, 0.05) is 38.0 Å². The maximum Gasteiger partial charge on any atom is 0.137 e. The summed E-state index contributed by atoms with van der Waals surface area (Å²) in [6.07, 6.45) is 0.334. The number of aliphatic hydroxyl groups excluding tert-OH is 1. The zero-order chi connectivity index (χ0) is 15.0. The van der Waals surface area contributed by atoms with E-state index in [2.05, 4.69) is 20.3 Å². The highest BCUT2D eigenvalue weighted by atomic mass is 35.5. The first-order valence-corrected chi connectivity index (χ1v) is 7.42. The number of aryl methyl sites for hydroxylation is 2. The van der Waals surface area contributed by atoms with Crippen molar-refractivity contribution in [3.05, 3.63) is 33.9 Å². The van der Waals surface area contributed by atoms with Crippen molar-refractivity contribution in [1.29, 1.82) is 0 Å². The van der Waals surface area contributed by atoms with Gasteiger partial charge in [0.05, 0.1) is 28.2 Å². The van der Waals surface area contributed by atoms with Gasteiger partial charge in [-0.05, 0) is 13.8 Å². The van der Waals surface area contributed by atoms with Gasteiger partial charge in [-0.2, -0.15) is 5.10 Å². The van der Waals surface area contributed by atoms with E-state index >= 15 is 0 Å². The number of rotatable bonds is 4. The number of nitrogens with zero attached hydrogens (tertiary/aromatic N) is 3. The second-order valence-electron chi connectivity index (χ2n) is 5.77. The lowest BCUT2D eigenvalue weighted by molar-refractivity contribution is 0.137. The molecule has 3 rings (SSSR count). The summed E-state index contributed by atoms with van der Waals surface area (Å²) >= 11 is 6.19. The summed E-state index contributed by atoms with van der Waals surface area (Å²) in [5.41, 5.74) is 2.57. The molecule has 2 atom stereocenters. The highest BCUT2D eigenvalue weighted by molar-refractivity contribution is 6.31. The van der Waals surface area contributed by atoms with Crippen molar-refractivity contribution in [2.24, 2.45) is 5.92 Å². The van der Waals surface area contributed by atoms with Gasteiger partial charge in [0.15, 0.2) is 0 Å². The molecule has 0 bridgehead atoms. The third-order valence-electron chi connectivity index (χ3n) is 3.94. The van der Waals surface area contributed by atoms with Crippen LogP contribution in [0.3, 0.4) is 0 Å². The van der Waals surface area contributed by atoms with Crippen molar-refractivity contribution in [3.63, 3.8) is 0 Å². The third-order valence-corrected chi connectivity index (χ3v) is 4.44. The molecule has 114 valence electrons. The van der Waals surface area contributed by atoms with E-state index in [1.165, 1.54) is 0 Å². The molecule has 0 saturated carbocycles. The van der Waals surface area contributed by atoms with Gasteiger partial charge in [-0.15, -0.1) is 0 Å². The molecular formula is C14H19ClN4O2. The number of likely N-dealkylation sites (tertiary alicyclic amines) is 1. The molecule has 1 saturated heterocycles.